The van der Waals surface area contributed by atoms with E-state index in [4.69, 9.17) is 11.3 Å². The van der Waals surface area contributed by atoms with Crippen LogP contribution in [0.4, 0.5) is 0 Å². The number of hydrogen-bond acceptors (Lipinski definition) is 2. The molecule has 0 aliphatic carbocycles. The van der Waals surface area contributed by atoms with E-state index in [2.05, 4.69) is 4.85 Å². The Hall–Kier alpha value is -1.04. The molecule has 0 aliphatic rings. The molecule has 0 heterocycles. The van der Waals surface area contributed by atoms with Crippen molar-refractivity contribution in [1.29, 1.82) is 0 Å². The number of rotatable bonds is 4. The van der Waals surface area contributed by atoms with Crippen LogP contribution in [0.25, 0.3) is 4.85 Å². The third-order valence-electron chi connectivity index (χ3n) is 0.895. The van der Waals surface area contributed by atoms with Crippen LogP contribution in [0.15, 0.2) is 0 Å². The Balaban J connectivity index is 3.19. The minimum absolute atomic E-state index is 0.226. The minimum atomic E-state index is -0.266. The van der Waals surface area contributed by atoms with Crippen LogP contribution in [0.2, 0.25) is 0 Å². The summed E-state index contributed by atoms with van der Waals surface area (Å²) in [4.78, 5) is 13.6. The Morgan fingerprint density at radius 3 is 2.90 bits per heavy atom. The van der Waals surface area contributed by atoms with Crippen molar-refractivity contribution in [2.45, 2.75) is 19.8 Å². The first kappa shape index (κ1) is 8.96. The van der Waals surface area contributed by atoms with Gasteiger partial charge in [0.25, 0.3) is 0 Å². The summed E-state index contributed by atoms with van der Waals surface area (Å²) in [5.74, 6) is -0.266. The fourth-order valence-electron chi connectivity index (χ4n) is 0.435. The van der Waals surface area contributed by atoms with Gasteiger partial charge in [0.15, 0.2) is 0 Å². The number of nitrogens with zero attached hydrogens (tertiary/aromatic N) is 1. The van der Waals surface area contributed by atoms with Gasteiger partial charge >= 0.3 is 5.97 Å². The van der Waals surface area contributed by atoms with Crippen molar-refractivity contribution in [3.63, 3.8) is 0 Å². The normalized spacial score (nSPS) is 8.40. The second kappa shape index (κ2) is 6.09. The molecule has 0 saturated carbocycles. The third kappa shape index (κ3) is 5.10. The molecule has 0 aromatic rings. The largest absolute Gasteiger partial charge is 0.465 e. The standard InChI is InChI=1S/C7H11NO2/c1-3-6-10-7(9)4-5-8-2/h3-6H2,1H3. The Bertz CT molecular complexity index is 137. The average molecular weight is 141 g/mol. The van der Waals surface area contributed by atoms with E-state index in [0.717, 1.165) is 6.42 Å². The zero-order chi connectivity index (χ0) is 7.82. The van der Waals surface area contributed by atoms with Crippen LogP contribution >= 0.6 is 0 Å². The van der Waals surface area contributed by atoms with Crippen molar-refractivity contribution in [2.24, 2.45) is 0 Å². The predicted octanol–water partition coefficient (Wildman–Crippen LogP) is 1.25. The Kier molecular flexibility index (Phi) is 5.45. The molecule has 0 aromatic carbocycles. The van der Waals surface area contributed by atoms with E-state index >= 15 is 0 Å². The van der Waals surface area contributed by atoms with Gasteiger partial charge in [-0.1, -0.05) is 6.92 Å². The lowest BCUT2D eigenvalue weighted by atomic mass is 10.4. The summed E-state index contributed by atoms with van der Waals surface area (Å²) < 4.78 is 4.71. The predicted molar refractivity (Wildman–Crippen MR) is 37.3 cm³/mol. The lowest BCUT2D eigenvalue weighted by Crippen LogP contribution is -2.05. The lowest BCUT2D eigenvalue weighted by molar-refractivity contribution is -0.143. The maximum absolute atomic E-state index is 10.6. The molecule has 3 nitrogen and oxygen atoms in total. The maximum atomic E-state index is 10.6. The van der Waals surface area contributed by atoms with Crippen molar-refractivity contribution >= 4 is 5.97 Å². The first-order chi connectivity index (χ1) is 4.81. The number of carbonyl (C=O) groups is 1. The summed E-state index contributed by atoms with van der Waals surface area (Å²) >= 11 is 0. The van der Waals surface area contributed by atoms with Gasteiger partial charge in [0, 0.05) is 0 Å². The van der Waals surface area contributed by atoms with Crippen LogP contribution < -0.4 is 0 Å². The van der Waals surface area contributed by atoms with Crippen LogP contribution in [0.3, 0.4) is 0 Å². The molecule has 56 valence electrons. The molecule has 0 aromatic heterocycles. The van der Waals surface area contributed by atoms with Crippen LogP contribution in [0.5, 0.6) is 0 Å². The topological polar surface area (TPSA) is 30.7 Å². The molecular weight excluding hydrogens is 130 g/mol. The second-order valence-corrected chi connectivity index (χ2v) is 1.85. The van der Waals surface area contributed by atoms with Gasteiger partial charge in [-0.05, 0) is 6.42 Å². The van der Waals surface area contributed by atoms with Crippen LogP contribution in [-0.2, 0) is 9.53 Å². The molecule has 0 spiro atoms. The molecule has 0 rings (SSSR count). The van der Waals surface area contributed by atoms with Gasteiger partial charge in [0.05, 0.1) is 6.61 Å². The lowest BCUT2D eigenvalue weighted by Gasteiger charge is -1.97. The molecule has 0 saturated heterocycles. The number of esters is 1. The van der Waals surface area contributed by atoms with Crippen molar-refractivity contribution in [3.8, 4) is 0 Å². The molecule has 3 heteroatoms. The molecule has 0 N–H and O–H groups in total. The Labute approximate surface area is 60.8 Å². The summed E-state index contributed by atoms with van der Waals surface area (Å²) in [6.07, 6.45) is 1.06. The first-order valence-corrected chi connectivity index (χ1v) is 3.30. The van der Waals surface area contributed by atoms with Crippen LogP contribution in [0.1, 0.15) is 19.8 Å². The number of carbonyl (C=O) groups excluding carboxylic acids is 1. The first-order valence-electron chi connectivity index (χ1n) is 3.30. The van der Waals surface area contributed by atoms with Gasteiger partial charge in [-0.3, -0.25) is 4.79 Å². The van der Waals surface area contributed by atoms with E-state index in [9.17, 15) is 4.79 Å². The average Bonchev–Trinajstić information content (AvgIpc) is 1.97. The monoisotopic (exact) mass is 141 g/mol. The number of hydrogen-bond donors (Lipinski definition) is 0. The molecule has 10 heavy (non-hydrogen) atoms. The van der Waals surface area contributed by atoms with Gasteiger partial charge in [0.1, 0.15) is 6.42 Å². The third-order valence-corrected chi connectivity index (χ3v) is 0.895. The van der Waals surface area contributed by atoms with Crippen molar-refractivity contribution < 1.29 is 9.53 Å². The van der Waals surface area contributed by atoms with E-state index in [1.54, 1.807) is 0 Å². The Morgan fingerprint density at radius 2 is 2.40 bits per heavy atom. The summed E-state index contributed by atoms with van der Waals surface area (Å²) in [5, 5.41) is 0. The van der Waals surface area contributed by atoms with Crippen molar-refractivity contribution in [1.82, 2.24) is 0 Å². The van der Waals surface area contributed by atoms with Gasteiger partial charge < -0.3 is 9.58 Å². The highest BCUT2D eigenvalue weighted by Crippen LogP contribution is 1.88. The fraction of sp³-hybridized carbons (Fsp3) is 0.714. The number of ether oxygens (including phenoxy) is 1. The second-order valence-electron chi connectivity index (χ2n) is 1.85. The smallest absolute Gasteiger partial charge is 0.313 e. The Morgan fingerprint density at radius 1 is 1.70 bits per heavy atom. The van der Waals surface area contributed by atoms with Gasteiger partial charge in [-0.25, -0.2) is 6.57 Å². The van der Waals surface area contributed by atoms with E-state index < -0.39 is 0 Å². The highest BCUT2D eigenvalue weighted by atomic mass is 16.5. The van der Waals surface area contributed by atoms with E-state index in [0.29, 0.717) is 6.61 Å². The fourth-order valence-corrected chi connectivity index (χ4v) is 0.435. The highest BCUT2D eigenvalue weighted by Gasteiger charge is 2.01. The van der Waals surface area contributed by atoms with Gasteiger partial charge in [-0.2, -0.15) is 0 Å². The molecule has 0 radical (unpaired) electrons. The van der Waals surface area contributed by atoms with Crippen molar-refractivity contribution in [3.05, 3.63) is 11.4 Å². The molecule has 0 aliphatic heterocycles. The van der Waals surface area contributed by atoms with Gasteiger partial charge in [0.2, 0.25) is 6.54 Å². The SMILES string of the molecule is [C-]#[N+]CCC(=O)OCCC. The van der Waals surface area contributed by atoms with E-state index in [1.165, 1.54) is 0 Å². The zero-order valence-electron chi connectivity index (χ0n) is 6.09. The molecule has 0 fully saturated rings. The molecule has 0 unspecified atom stereocenters. The van der Waals surface area contributed by atoms with Gasteiger partial charge in [-0.15, -0.1) is 0 Å². The maximum Gasteiger partial charge on any atom is 0.313 e. The quantitative estimate of drug-likeness (QED) is 0.435. The molecule has 0 atom stereocenters. The summed E-state index contributed by atoms with van der Waals surface area (Å²) in [6.45, 7) is 9.03. The molecular formula is C7H11NO2. The van der Waals surface area contributed by atoms with E-state index in [1.807, 2.05) is 6.92 Å². The molecule has 0 amide bonds. The van der Waals surface area contributed by atoms with Crippen molar-refractivity contribution in [2.75, 3.05) is 13.2 Å². The zero-order valence-corrected chi connectivity index (χ0v) is 6.09. The van der Waals surface area contributed by atoms with Crippen LogP contribution in [-0.4, -0.2) is 19.1 Å². The highest BCUT2D eigenvalue weighted by molar-refractivity contribution is 5.69. The summed E-state index contributed by atoms with van der Waals surface area (Å²) in [7, 11) is 0. The summed E-state index contributed by atoms with van der Waals surface area (Å²) in [6, 6.07) is 0. The van der Waals surface area contributed by atoms with E-state index in [-0.39, 0.29) is 18.9 Å². The summed E-state index contributed by atoms with van der Waals surface area (Å²) in [5.41, 5.74) is 0. The molecule has 0 bridgehead atoms. The van der Waals surface area contributed by atoms with Crippen LogP contribution in [0, 0.1) is 6.57 Å². The minimum Gasteiger partial charge on any atom is -0.465 e.